The van der Waals surface area contributed by atoms with Gasteiger partial charge in [-0.3, -0.25) is 9.98 Å². The van der Waals surface area contributed by atoms with Crippen molar-refractivity contribution in [2.45, 2.75) is 13.3 Å². The largest absolute Gasteiger partial charge is 0.463 e. The lowest BCUT2D eigenvalue weighted by atomic mass is 10.0. The van der Waals surface area contributed by atoms with E-state index in [9.17, 15) is 4.79 Å². The van der Waals surface area contributed by atoms with Crippen molar-refractivity contribution in [2.24, 2.45) is 9.98 Å². The summed E-state index contributed by atoms with van der Waals surface area (Å²) in [5.74, 6) is -0.298. The van der Waals surface area contributed by atoms with Crippen LogP contribution in [0.4, 0.5) is 0 Å². The fraction of sp³-hybridized carbons (Fsp3) is 0.188. The van der Waals surface area contributed by atoms with Gasteiger partial charge in [0.15, 0.2) is 0 Å². The monoisotopic (exact) mass is 266 g/mol. The quantitative estimate of drug-likeness (QED) is 0.761. The fourth-order valence-corrected chi connectivity index (χ4v) is 2.26. The summed E-state index contributed by atoms with van der Waals surface area (Å²) in [5.41, 5.74) is 2.62. The van der Waals surface area contributed by atoms with Gasteiger partial charge >= 0.3 is 5.97 Å². The second kappa shape index (κ2) is 5.25. The van der Waals surface area contributed by atoms with Gasteiger partial charge in [-0.2, -0.15) is 0 Å². The molecule has 0 aliphatic carbocycles. The molecule has 2 heterocycles. The highest BCUT2D eigenvalue weighted by Gasteiger charge is 2.16. The van der Waals surface area contributed by atoms with Crippen molar-refractivity contribution in [2.75, 3.05) is 6.61 Å². The Hall–Kier alpha value is -2.49. The summed E-state index contributed by atoms with van der Waals surface area (Å²) in [6.07, 6.45) is 9.72. The number of esters is 1. The summed E-state index contributed by atoms with van der Waals surface area (Å²) in [4.78, 5) is 20.6. The third-order valence-corrected chi connectivity index (χ3v) is 3.21. The Morgan fingerprint density at radius 3 is 3.00 bits per heavy atom. The summed E-state index contributed by atoms with van der Waals surface area (Å²) in [5, 5.41) is 1.69. The van der Waals surface area contributed by atoms with Gasteiger partial charge in [-0.25, -0.2) is 4.79 Å². The molecule has 0 aromatic heterocycles. The van der Waals surface area contributed by atoms with Gasteiger partial charge in [0.2, 0.25) is 0 Å². The number of benzene rings is 1. The molecule has 4 heteroatoms. The normalized spacial score (nSPS) is 15.2. The average molecular weight is 266 g/mol. The number of allylic oxidation sites excluding steroid dienone is 2. The molecule has 0 fully saturated rings. The van der Waals surface area contributed by atoms with E-state index in [-0.39, 0.29) is 5.97 Å². The lowest BCUT2D eigenvalue weighted by Crippen LogP contribution is -2.33. The first-order valence-corrected chi connectivity index (χ1v) is 6.56. The van der Waals surface area contributed by atoms with Gasteiger partial charge in [0.25, 0.3) is 0 Å². The van der Waals surface area contributed by atoms with Crippen molar-refractivity contribution in [3.63, 3.8) is 0 Å². The van der Waals surface area contributed by atoms with Crippen LogP contribution in [0.5, 0.6) is 0 Å². The Morgan fingerprint density at radius 1 is 1.25 bits per heavy atom. The van der Waals surface area contributed by atoms with Crippen LogP contribution in [0.15, 0.2) is 52.2 Å². The Morgan fingerprint density at radius 2 is 2.15 bits per heavy atom. The SMILES string of the molecule is CCOC(=O)C1=CN=c2c(ccc3c2=NC=CC=C3)C1. The van der Waals surface area contributed by atoms with E-state index in [2.05, 4.69) is 9.98 Å². The van der Waals surface area contributed by atoms with Crippen LogP contribution in [0, 0.1) is 0 Å². The molecule has 2 aliphatic heterocycles. The molecule has 1 aromatic carbocycles. The molecule has 4 nitrogen and oxygen atoms in total. The second-order valence-electron chi connectivity index (χ2n) is 4.52. The number of fused-ring (bicyclic) bond motifs is 3. The Labute approximate surface area is 116 Å². The van der Waals surface area contributed by atoms with Crippen LogP contribution in [-0.4, -0.2) is 12.6 Å². The lowest BCUT2D eigenvalue weighted by Gasteiger charge is -2.11. The van der Waals surface area contributed by atoms with E-state index in [0.29, 0.717) is 18.6 Å². The number of ether oxygens (including phenoxy) is 1. The molecule has 0 amide bonds. The highest BCUT2D eigenvalue weighted by atomic mass is 16.5. The van der Waals surface area contributed by atoms with Crippen LogP contribution in [0.25, 0.3) is 6.08 Å². The number of nitrogens with zero attached hydrogens (tertiary/aromatic N) is 2. The predicted molar refractivity (Wildman–Crippen MR) is 75.3 cm³/mol. The van der Waals surface area contributed by atoms with Crippen LogP contribution in [0.1, 0.15) is 18.1 Å². The minimum absolute atomic E-state index is 0.298. The zero-order valence-corrected chi connectivity index (χ0v) is 11.2. The first-order chi connectivity index (χ1) is 9.79. The Balaban J connectivity index is 2.12. The van der Waals surface area contributed by atoms with Crippen LogP contribution < -0.4 is 10.7 Å². The Bertz CT molecular complexity index is 770. The number of hydrogen-bond acceptors (Lipinski definition) is 4. The van der Waals surface area contributed by atoms with E-state index >= 15 is 0 Å². The van der Waals surface area contributed by atoms with Crippen LogP contribution in [-0.2, 0) is 16.0 Å². The van der Waals surface area contributed by atoms with Crippen LogP contribution in [0.2, 0.25) is 0 Å². The van der Waals surface area contributed by atoms with Crippen molar-refractivity contribution in [1.82, 2.24) is 0 Å². The zero-order valence-electron chi connectivity index (χ0n) is 11.2. The molecular weight excluding hydrogens is 252 g/mol. The van der Waals surface area contributed by atoms with E-state index in [1.165, 1.54) is 0 Å². The molecule has 0 spiro atoms. The van der Waals surface area contributed by atoms with Gasteiger partial charge in [-0.1, -0.05) is 24.3 Å². The van der Waals surface area contributed by atoms with Gasteiger partial charge in [0.1, 0.15) is 0 Å². The molecule has 3 rings (SSSR count). The van der Waals surface area contributed by atoms with Gasteiger partial charge < -0.3 is 4.74 Å². The summed E-state index contributed by atoms with van der Waals surface area (Å²) < 4.78 is 5.02. The molecule has 2 aliphatic rings. The smallest absolute Gasteiger partial charge is 0.335 e. The van der Waals surface area contributed by atoms with E-state index in [4.69, 9.17) is 4.74 Å². The van der Waals surface area contributed by atoms with E-state index in [1.807, 2.05) is 30.4 Å². The molecule has 0 bridgehead atoms. The predicted octanol–water partition coefficient (Wildman–Crippen LogP) is 1.47. The maximum Gasteiger partial charge on any atom is 0.335 e. The fourth-order valence-electron chi connectivity index (χ4n) is 2.26. The highest BCUT2D eigenvalue weighted by Crippen LogP contribution is 2.11. The van der Waals surface area contributed by atoms with Crippen molar-refractivity contribution < 1.29 is 9.53 Å². The summed E-state index contributed by atoms with van der Waals surface area (Å²) >= 11 is 0. The Kier molecular flexibility index (Phi) is 3.29. The minimum atomic E-state index is -0.298. The molecule has 0 unspecified atom stereocenters. The molecule has 0 saturated carbocycles. The van der Waals surface area contributed by atoms with E-state index in [1.54, 1.807) is 19.3 Å². The van der Waals surface area contributed by atoms with Gasteiger partial charge in [-0.15, -0.1) is 0 Å². The third kappa shape index (κ3) is 2.20. The topological polar surface area (TPSA) is 51.0 Å². The van der Waals surface area contributed by atoms with E-state index < -0.39 is 0 Å². The average Bonchev–Trinajstić information content (AvgIpc) is 2.72. The number of rotatable bonds is 2. The first kappa shape index (κ1) is 12.5. The van der Waals surface area contributed by atoms with E-state index in [0.717, 1.165) is 21.8 Å². The van der Waals surface area contributed by atoms with Crippen molar-refractivity contribution in [3.05, 3.63) is 64.1 Å². The standard InChI is InChI=1S/C16H14N2O2/c1-2-20-16(19)13-9-12-7-6-11-5-3-4-8-17-14(11)15(12)18-10-13/h3-8,10H,2,9H2,1H3. The molecule has 20 heavy (non-hydrogen) atoms. The summed E-state index contributed by atoms with van der Waals surface area (Å²) in [6.45, 7) is 2.17. The molecule has 0 radical (unpaired) electrons. The molecular formula is C16H14N2O2. The maximum atomic E-state index is 11.8. The van der Waals surface area contributed by atoms with Crippen molar-refractivity contribution in [3.8, 4) is 0 Å². The lowest BCUT2D eigenvalue weighted by molar-refractivity contribution is -0.138. The second-order valence-corrected chi connectivity index (χ2v) is 4.52. The number of carbonyl (C=O) groups excluding carboxylic acids is 1. The van der Waals surface area contributed by atoms with Gasteiger partial charge in [0, 0.05) is 24.4 Å². The molecule has 0 atom stereocenters. The molecule has 1 aromatic rings. The zero-order chi connectivity index (χ0) is 13.9. The van der Waals surface area contributed by atoms with Crippen molar-refractivity contribution >= 4 is 12.0 Å². The summed E-state index contributed by atoms with van der Waals surface area (Å²) in [6, 6.07) is 4.00. The third-order valence-electron chi connectivity index (χ3n) is 3.21. The number of hydrogen-bond donors (Lipinski definition) is 0. The molecule has 0 N–H and O–H groups in total. The highest BCUT2D eigenvalue weighted by molar-refractivity contribution is 5.89. The first-order valence-electron chi connectivity index (χ1n) is 6.56. The maximum absolute atomic E-state index is 11.8. The number of carbonyl (C=O) groups is 1. The molecule has 0 saturated heterocycles. The molecule has 100 valence electrons. The van der Waals surface area contributed by atoms with Crippen LogP contribution in [0.3, 0.4) is 0 Å². The van der Waals surface area contributed by atoms with Gasteiger partial charge in [0.05, 0.1) is 22.9 Å². The van der Waals surface area contributed by atoms with Crippen molar-refractivity contribution in [1.29, 1.82) is 0 Å². The summed E-state index contributed by atoms with van der Waals surface area (Å²) in [7, 11) is 0. The van der Waals surface area contributed by atoms with Crippen LogP contribution >= 0.6 is 0 Å². The van der Waals surface area contributed by atoms with Gasteiger partial charge in [-0.05, 0) is 18.6 Å². The minimum Gasteiger partial charge on any atom is -0.463 e.